The van der Waals surface area contributed by atoms with Crippen molar-refractivity contribution in [1.82, 2.24) is 15.4 Å². The fraction of sp³-hybridized carbons (Fsp3) is 0.0714. The Morgan fingerprint density at radius 3 is 2.86 bits per heavy atom. The summed E-state index contributed by atoms with van der Waals surface area (Å²) < 4.78 is 5.61. The molecule has 2 heterocycles. The molecular formula is C14H12N4O2S. The van der Waals surface area contributed by atoms with Gasteiger partial charge in [-0.25, -0.2) is 15.8 Å². The van der Waals surface area contributed by atoms with Crippen LogP contribution in [0.15, 0.2) is 52.1 Å². The average molecular weight is 300 g/mol. The third-order valence-corrected chi connectivity index (χ3v) is 3.65. The Balaban J connectivity index is 1.73. The number of hydrogen-bond acceptors (Lipinski definition) is 6. The summed E-state index contributed by atoms with van der Waals surface area (Å²) in [7, 11) is 0. The molecule has 3 rings (SSSR count). The smallest absolute Gasteiger partial charge is 0.283 e. The Hall–Kier alpha value is -2.38. The normalized spacial score (nSPS) is 10.7. The molecular weight excluding hydrogens is 288 g/mol. The zero-order valence-electron chi connectivity index (χ0n) is 10.9. The molecule has 21 heavy (non-hydrogen) atoms. The van der Waals surface area contributed by atoms with Gasteiger partial charge in [-0.05, 0) is 24.3 Å². The van der Waals surface area contributed by atoms with Gasteiger partial charge in [-0.1, -0.05) is 30.0 Å². The van der Waals surface area contributed by atoms with Crippen molar-refractivity contribution in [3.8, 4) is 0 Å². The van der Waals surface area contributed by atoms with Crippen molar-refractivity contribution >= 4 is 28.8 Å². The third-order valence-electron chi connectivity index (χ3n) is 2.79. The van der Waals surface area contributed by atoms with E-state index < -0.39 is 5.91 Å². The number of aromatic nitrogens is 2. The Morgan fingerprint density at radius 1 is 1.19 bits per heavy atom. The van der Waals surface area contributed by atoms with Gasteiger partial charge in [0.2, 0.25) is 0 Å². The van der Waals surface area contributed by atoms with Crippen LogP contribution in [0.1, 0.15) is 16.2 Å². The van der Waals surface area contributed by atoms with Crippen LogP contribution >= 0.6 is 11.8 Å². The van der Waals surface area contributed by atoms with Crippen LogP contribution in [0, 0.1) is 0 Å². The van der Waals surface area contributed by atoms with Gasteiger partial charge in [0, 0.05) is 5.75 Å². The van der Waals surface area contributed by atoms with Crippen LogP contribution in [0.25, 0.3) is 11.1 Å². The van der Waals surface area contributed by atoms with Gasteiger partial charge in [0.15, 0.2) is 5.58 Å². The predicted octanol–water partition coefficient (Wildman–Crippen LogP) is 2.12. The van der Waals surface area contributed by atoms with Crippen LogP contribution in [0.3, 0.4) is 0 Å². The summed E-state index contributed by atoms with van der Waals surface area (Å²) in [6.07, 6.45) is 0. The van der Waals surface area contributed by atoms with E-state index in [2.05, 4.69) is 15.4 Å². The first-order valence-electron chi connectivity index (χ1n) is 6.21. The molecule has 0 radical (unpaired) electrons. The van der Waals surface area contributed by atoms with Crippen molar-refractivity contribution in [2.45, 2.75) is 11.0 Å². The van der Waals surface area contributed by atoms with E-state index >= 15 is 0 Å². The van der Waals surface area contributed by atoms with Gasteiger partial charge >= 0.3 is 0 Å². The molecule has 0 atom stereocenters. The van der Waals surface area contributed by atoms with Crippen molar-refractivity contribution in [3.05, 3.63) is 53.9 Å². The number of thioether (sulfide) groups is 1. The summed E-state index contributed by atoms with van der Waals surface area (Å²) in [6, 6.07) is 12.8. The molecule has 0 unspecified atom stereocenters. The number of oxazole rings is 1. The highest BCUT2D eigenvalue weighted by atomic mass is 32.2. The summed E-state index contributed by atoms with van der Waals surface area (Å²) in [5, 5.41) is 0.576. The van der Waals surface area contributed by atoms with Gasteiger partial charge in [0.25, 0.3) is 11.1 Å². The molecule has 0 aliphatic rings. The van der Waals surface area contributed by atoms with Crippen molar-refractivity contribution in [2.75, 3.05) is 0 Å². The van der Waals surface area contributed by atoms with Gasteiger partial charge in [0.1, 0.15) is 11.2 Å². The Bertz CT molecular complexity index is 754. The zero-order valence-corrected chi connectivity index (χ0v) is 11.8. The van der Waals surface area contributed by atoms with E-state index in [1.807, 2.05) is 30.3 Å². The molecule has 0 saturated carbocycles. The fourth-order valence-corrected chi connectivity index (χ4v) is 2.55. The number of fused-ring (bicyclic) bond motifs is 1. The molecule has 1 aromatic carbocycles. The number of hydrazine groups is 1. The lowest BCUT2D eigenvalue weighted by molar-refractivity contribution is 0.0948. The minimum Gasteiger partial charge on any atom is -0.431 e. The molecule has 0 bridgehead atoms. The quantitative estimate of drug-likeness (QED) is 0.332. The third kappa shape index (κ3) is 3.04. The van der Waals surface area contributed by atoms with Gasteiger partial charge in [-0.2, -0.15) is 0 Å². The number of nitrogen functional groups attached to an aromatic ring is 1. The lowest BCUT2D eigenvalue weighted by atomic mass is 10.3. The standard InChI is InChI=1S/C14H12N4O2S/c15-18-13(19)11-6-3-4-9(16-11)8-21-14-17-10-5-1-2-7-12(10)20-14/h1-7H,8,15H2,(H,18,19). The molecule has 3 N–H and O–H groups in total. The van der Waals surface area contributed by atoms with Crippen molar-refractivity contribution in [2.24, 2.45) is 5.84 Å². The molecule has 0 spiro atoms. The number of para-hydroxylation sites is 2. The topological polar surface area (TPSA) is 94.0 Å². The first kappa shape index (κ1) is 13.6. The van der Waals surface area contributed by atoms with Crippen LogP contribution in [-0.2, 0) is 5.75 Å². The maximum Gasteiger partial charge on any atom is 0.283 e. The second-order valence-corrected chi connectivity index (χ2v) is 5.15. The van der Waals surface area contributed by atoms with Crippen LogP contribution in [0.2, 0.25) is 0 Å². The number of amides is 1. The van der Waals surface area contributed by atoms with Gasteiger partial charge < -0.3 is 4.42 Å². The number of nitrogens with two attached hydrogens (primary N) is 1. The lowest BCUT2D eigenvalue weighted by Crippen LogP contribution is -2.30. The minimum atomic E-state index is -0.413. The molecule has 106 valence electrons. The predicted molar refractivity (Wildman–Crippen MR) is 79.5 cm³/mol. The maximum atomic E-state index is 11.4. The number of carbonyl (C=O) groups excluding carboxylic acids is 1. The minimum absolute atomic E-state index is 0.285. The molecule has 0 aliphatic heterocycles. The van der Waals surface area contributed by atoms with E-state index in [4.69, 9.17) is 10.3 Å². The molecule has 2 aromatic heterocycles. The van der Waals surface area contributed by atoms with Gasteiger partial charge in [-0.15, -0.1) is 0 Å². The number of hydrogen-bond donors (Lipinski definition) is 2. The fourth-order valence-electron chi connectivity index (χ4n) is 1.81. The highest BCUT2D eigenvalue weighted by Gasteiger charge is 2.09. The molecule has 3 aromatic rings. The Morgan fingerprint density at radius 2 is 2.05 bits per heavy atom. The number of benzene rings is 1. The van der Waals surface area contributed by atoms with E-state index in [1.54, 1.807) is 12.1 Å². The largest absolute Gasteiger partial charge is 0.431 e. The maximum absolute atomic E-state index is 11.4. The highest BCUT2D eigenvalue weighted by molar-refractivity contribution is 7.98. The van der Waals surface area contributed by atoms with Crippen molar-refractivity contribution < 1.29 is 9.21 Å². The Kier molecular flexibility index (Phi) is 3.85. The second-order valence-electron chi connectivity index (χ2n) is 4.22. The second kappa shape index (κ2) is 5.94. The molecule has 0 aliphatic carbocycles. The summed E-state index contributed by atoms with van der Waals surface area (Å²) in [4.78, 5) is 20.0. The monoisotopic (exact) mass is 300 g/mol. The van der Waals surface area contributed by atoms with Crippen LogP contribution in [0.5, 0.6) is 0 Å². The summed E-state index contributed by atoms with van der Waals surface area (Å²) >= 11 is 1.42. The number of pyridine rings is 1. The van der Waals surface area contributed by atoms with E-state index in [0.717, 1.165) is 16.8 Å². The van der Waals surface area contributed by atoms with Crippen LogP contribution in [0.4, 0.5) is 0 Å². The highest BCUT2D eigenvalue weighted by Crippen LogP contribution is 2.25. The first-order chi connectivity index (χ1) is 10.3. The lowest BCUT2D eigenvalue weighted by Gasteiger charge is -2.01. The Labute approximate surface area is 124 Å². The van der Waals surface area contributed by atoms with Crippen molar-refractivity contribution in [3.63, 3.8) is 0 Å². The molecule has 7 heteroatoms. The number of rotatable bonds is 4. The summed E-state index contributed by atoms with van der Waals surface area (Å²) in [5.41, 5.74) is 4.68. The van der Waals surface area contributed by atoms with E-state index in [1.165, 1.54) is 11.8 Å². The molecule has 1 amide bonds. The van der Waals surface area contributed by atoms with E-state index in [0.29, 0.717) is 11.0 Å². The van der Waals surface area contributed by atoms with Gasteiger partial charge in [0.05, 0.1) is 5.69 Å². The molecule has 0 fully saturated rings. The number of nitrogens with one attached hydrogen (secondary N) is 1. The SMILES string of the molecule is NNC(=O)c1cccc(CSc2nc3ccccc3o2)n1. The number of nitrogens with zero attached hydrogens (tertiary/aromatic N) is 2. The van der Waals surface area contributed by atoms with E-state index in [-0.39, 0.29) is 5.69 Å². The zero-order chi connectivity index (χ0) is 14.7. The first-order valence-corrected chi connectivity index (χ1v) is 7.20. The average Bonchev–Trinajstić information content (AvgIpc) is 2.95. The van der Waals surface area contributed by atoms with Gasteiger partial charge in [-0.3, -0.25) is 10.2 Å². The van der Waals surface area contributed by atoms with E-state index in [9.17, 15) is 4.79 Å². The van der Waals surface area contributed by atoms with Crippen LogP contribution < -0.4 is 11.3 Å². The van der Waals surface area contributed by atoms with Crippen molar-refractivity contribution in [1.29, 1.82) is 0 Å². The number of carbonyl (C=O) groups is 1. The summed E-state index contributed by atoms with van der Waals surface area (Å²) in [6.45, 7) is 0. The van der Waals surface area contributed by atoms with Crippen LogP contribution in [-0.4, -0.2) is 15.9 Å². The summed E-state index contributed by atoms with van der Waals surface area (Å²) in [5.74, 6) is 5.23. The molecule has 6 nitrogen and oxygen atoms in total. The molecule has 0 saturated heterocycles.